The third kappa shape index (κ3) is 3.04. The van der Waals surface area contributed by atoms with Gasteiger partial charge in [-0.25, -0.2) is 9.97 Å². The fourth-order valence-corrected chi connectivity index (χ4v) is 1.45. The fraction of sp³-hybridized carbons (Fsp3) is 0.333. The number of nitrogens with two attached hydrogens (primary N) is 1. The van der Waals surface area contributed by atoms with Gasteiger partial charge in [0.2, 0.25) is 5.95 Å². The Morgan fingerprint density at radius 1 is 1.47 bits per heavy atom. The van der Waals surface area contributed by atoms with E-state index in [1.807, 2.05) is 7.05 Å². The van der Waals surface area contributed by atoms with E-state index < -0.39 is 0 Å². The molecule has 8 heteroatoms. The SMILES string of the molecule is Cn1cnc(CCNc2nc(N)ncc2Cl)n1. The number of nitrogens with one attached hydrogen (secondary N) is 1. The van der Waals surface area contributed by atoms with E-state index in [4.69, 9.17) is 17.3 Å². The smallest absolute Gasteiger partial charge is 0.222 e. The maximum Gasteiger partial charge on any atom is 0.222 e. The number of nitrogen functional groups attached to an aromatic ring is 1. The van der Waals surface area contributed by atoms with E-state index in [2.05, 4.69) is 25.4 Å². The molecule has 17 heavy (non-hydrogen) atoms. The summed E-state index contributed by atoms with van der Waals surface area (Å²) in [5.41, 5.74) is 5.46. The van der Waals surface area contributed by atoms with Crippen LogP contribution in [-0.2, 0) is 13.5 Å². The van der Waals surface area contributed by atoms with Gasteiger partial charge in [-0.2, -0.15) is 10.1 Å². The van der Waals surface area contributed by atoms with Gasteiger partial charge in [0.05, 0.1) is 6.20 Å². The molecule has 2 heterocycles. The van der Waals surface area contributed by atoms with E-state index in [9.17, 15) is 0 Å². The molecule has 2 rings (SSSR count). The third-order valence-corrected chi connectivity index (χ3v) is 2.33. The second kappa shape index (κ2) is 4.96. The van der Waals surface area contributed by atoms with Crippen molar-refractivity contribution < 1.29 is 0 Å². The highest BCUT2D eigenvalue weighted by molar-refractivity contribution is 6.32. The first-order chi connectivity index (χ1) is 8.15. The average Bonchev–Trinajstić information content (AvgIpc) is 2.69. The summed E-state index contributed by atoms with van der Waals surface area (Å²) in [6.45, 7) is 0.625. The summed E-state index contributed by atoms with van der Waals surface area (Å²) in [5.74, 6) is 1.47. The van der Waals surface area contributed by atoms with Gasteiger partial charge in [0.15, 0.2) is 5.82 Å². The zero-order valence-electron chi connectivity index (χ0n) is 9.26. The predicted octanol–water partition coefficient (Wildman–Crippen LogP) is 0.495. The van der Waals surface area contributed by atoms with Gasteiger partial charge in [-0.15, -0.1) is 0 Å². The normalized spacial score (nSPS) is 10.5. The largest absolute Gasteiger partial charge is 0.368 e. The van der Waals surface area contributed by atoms with Crippen LogP contribution in [0.5, 0.6) is 0 Å². The molecule has 0 atom stereocenters. The minimum absolute atomic E-state index is 0.188. The molecule has 0 amide bonds. The van der Waals surface area contributed by atoms with Crippen LogP contribution >= 0.6 is 11.6 Å². The number of rotatable bonds is 4. The Balaban J connectivity index is 1.91. The summed E-state index contributed by atoms with van der Waals surface area (Å²) >= 11 is 5.90. The van der Waals surface area contributed by atoms with E-state index in [-0.39, 0.29) is 5.95 Å². The lowest BCUT2D eigenvalue weighted by Gasteiger charge is -2.05. The molecule has 0 saturated carbocycles. The number of hydrogen-bond donors (Lipinski definition) is 2. The molecule has 0 fully saturated rings. The number of aryl methyl sites for hydroxylation is 1. The predicted molar refractivity (Wildman–Crippen MR) is 64.7 cm³/mol. The first-order valence-corrected chi connectivity index (χ1v) is 5.39. The lowest BCUT2D eigenvalue weighted by Crippen LogP contribution is -2.09. The van der Waals surface area contributed by atoms with Crippen molar-refractivity contribution in [2.45, 2.75) is 6.42 Å². The minimum Gasteiger partial charge on any atom is -0.368 e. The zero-order chi connectivity index (χ0) is 12.3. The monoisotopic (exact) mass is 253 g/mol. The van der Waals surface area contributed by atoms with Crippen LogP contribution in [0.4, 0.5) is 11.8 Å². The molecule has 3 N–H and O–H groups in total. The highest BCUT2D eigenvalue weighted by Gasteiger charge is 2.04. The molecule has 0 spiro atoms. The molecule has 7 nitrogen and oxygen atoms in total. The van der Waals surface area contributed by atoms with Gasteiger partial charge in [-0.1, -0.05) is 11.6 Å². The standard InChI is InChI=1S/C9H12ClN7/c1-17-5-14-7(16-17)2-3-12-8-6(10)4-13-9(11)15-8/h4-5H,2-3H2,1H3,(H3,11,12,13,15). The summed E-state index contributed by atoms with van der Waals surface area (Å²) in [5, 5.41) is 7.65. The van der Waals surface area contributed by atoms with Crippen molar-refractivity contribution >= 4 is 23.4 Å². The minimum atomic E-state index is 0.188. The molecule has 2 aromatic heterocycles. The van der Waals surface area contributed by atoms with Crippen molar-refractivity contribution in [2.75, 3.05) is 17.6 Å². The Morgan fingerprint density at radius 3 is 3.00 bits per heavy atom. The van der Waals surface area contributed by atoms with Crippen LogP contribution in [0.1, 0.15) is 5.82 Å². The first kappa shape index (κ1) is 11.6. The Labute approximate surface area is 103 Å². The molecule has 0 saturated heterocycles. The molecule has 0 unspecified atom stereocenters. The topological polar surface area (TPSA) is 94.5 Å². The van der Waals surface area contributed by atoms with Crippen molar-refractivity contribution in [1.29, 1.82) is 0 Å². The maximum absolute atomic E-state index is 5.90. The van der Waals surface area contributed by atoms with Gasteiger partial charge >= 0.3 is 0 Å². The maximum atomic E-state index is 5.90. The van der Waals surface area contributed by atoms with E-state index in [0.717, 1.165) is 5.82 Å². The van der Waals surface area contributed by atoms with E-state index in [1.54, 1.807) is 11.0 Å². The van der Waals surface area contributed by atoms with Gasteiger partial charge in [0, 0.05) is 20.0 Å². The highest BCUT2D eigenvalue weighted by Crippen LogP contribution is 2.17. The number of hydrogen-bond acceptors (Lipinski definition) is 6. The molecular formula is C9H12ClN7. The zero-order valence-corrected chi connectivity index (χ0v) is 10.0. The number of halogens is 1. The van der Waals surface area contributed by atoms with Crippen LogP contribution in [-0.4, -0.2) is 31.3 Å². The summed E-state index contributed by atoms with van der Waals surface area (Å²) in [6, 6.07) is 0. The van der Waals surface area contributed by atoms with Crippen LogP contribution in [0, 0.1) is 0 Å². The van der Waals surface area contributed by atoms with Gasteiger partial charge in [-0.05, 0) is 0 Å². The van der Waals surface area contributed by atoms with E-state index in [0.29, 0.717) is 23.8 Å². The lowest BCUT2D eigenvalue weighted by atomic mass is 10.4. The Hall–Kier alpha value is -1.89. The van der Waals surface area contributed by atoms with E-state index in [1.165, 1.54) is 6.20 Å². The quantitative estimate of drug-likeness (QED) is 0.824. The van der Waals surface area contributed by atoms with E-state index >= 15 is 0 Å². The second-order valence-electron chi connectivity index (χ2n) is 3.44. The van der Waals surface area contributed by atoms with Crippen molar-refractivity contribution in [1.82, 2.24) is 24.7 Å². The molecule has 0 aliphatic rings. The molecule has 2 aromatic rings. The second-order valence-corrected chi connectivity index (χ2v) is 3.84. The summed E-state index contributed by atoms with van der Waals surface area (Å²) in [6.07, 6.45) is 3.80. The molecule has 0 aliphatic carbocycles. The summed E-state index contributed by atoms with van der Waals surface area (Å²) in [4.78, 5) is 11.9. The molecule has 0 aliphatic heterocycles. The third-order valence-electron chi connectivity index (χ3n) is 2.05. The molecule has 0 bridgehead atoms. The lowest BCUT2D eigenvalue weighted by molar-refractivity contribution is 0.742. The Kier molecular flexibility index (Phi) is 3.38. The fourth-order valence-electron chi connectivity index (χ4n) is 1.30. The van der Waals surface area contributed by atoms with Crippen LogP contribution in [0.25, 0.3) is 0 Å². The average molecular weight is 254 g/mol. The molecule has 0 radical (unpaired) electrons. The van der Waals surface area contributed by atoms with Gasteiger partial charge < -0.3 is 11.1 Å². The molecule has 90 valence electrons. The van der Waals surface area contributed by atoms with Crippen molar-refractivity contribution in [2.24, 2.45) is 7.05 Å². The molecule has 0 aromatic carbocycles. The Bertz CT molecular complexity index is 510. The van der Waals surface area contributed by atoms with Crippen LogP contribution < -0.4 is 11.1 Å². The number of anilines is 2. The summed E-state index contributed by atoms with van der Waals surface area (Å²) < 4.78 is 1.66. The van der Waals surface area contributed by atoms with Crippen LogP contribution in [0.2, 0.25) is 5.02 Å². The summed E-state index contributed by atoms with van der Waals surface area (Å²) in [7, 11) is 1.83. The number of nitrogens with zero attached hydrogens (tertiary/aromatic N) is 5. The van der Waals surface area contributed by atoms with Crippen LogP contribution in [0.15, 0.2) is 12.5 Å². The van der Waals surface area contributed by atoms with Crippen LogP contribution in [0.3, 0.4) is 0 Å². The highest BCUT2D eigenvalue weighted by atomic mass is 35.5. The van der Waals surface area contributed by atoms with Gasteiger partial charge in [-0.3, -0.25) is 4.68 Å². The first-order valence-electron chi connectivity index (χ1n) is 5.01. The Morgan fingerprint density at radius 2 is 2.29 bits per heavy atom. The van der Waals surface area contributed by atoms with Crippen molar-refractivity contribution in [3.63, 3.8) is 0 Å². The van der Waals surface area contributed by atoms with Gasteiger partial charge in [0.25, 0.3) is 0 Å². The molecular weight excluding hydrogens is 242 g/mol. The number of aromatic nitrogens is 5. The van der Waals surface area contributed by atoms with Gasteiger partial charge in [0.1, 0.15) is 17.2 Å². The van der Waals surface area contributed by atoms with Crippen molar-refractivity contribution in [3.8, 4) is 0 Å². The van der Waals surface area contributed by atoms with Crippen molar-refractivity contribution in [3.05, 3.63) is 23.4 Å².